The quantitative estimate of drug-likeness (QED) is 0.873. The van der Waals surface area contributed by atoms with Crippen molar-refractivity contribution in [3.63, 3.8) is 0 Å². The summed E-state index contributed by atoms with van der Waals surface area (Å²) in [6.07, 6.45) is 2.31. The van der Waals surface area contributed by atoms with Crippen LogP contribution < -0.4 is 0 Å². The Labute approximate surface area is 145 Å². The van der Waals surface area contributed by atoms with Gasteiger partial charge in [-0.25, -0.2) is 4.98 Å². The maximum atomic E-state index is 12.8. The van der Waals surface area contributed by atoms with Crippen molar-refractivity contribution in [3.05, 3.63) is 45.9 Å². The molecule has 2 aromatic rings. The summed E-state index contributed by atoms with van der Waals surface area (Å²) >= 11 is 1.57. The van der Waals surface area contributed by atoms with Crippen molar-refractivity contribution < 1.29 is 14.6 Å². The zero-order valence-electron chi connectivity index (χ0n) is 13.8. The number of hydrogen-bond donors (Lipinski definition) is 1. The molecule has 1 saturated heterocycles. The van der Waals surface area contributed by atoms with E-state index in [9.17, 15) is 9.90 Å². The van der Waals surface area contributed by atoms with Gasteiger partial charge in [0.25, 0.3) is 0 Å². The summed E-state index contributed by atoms with van der Waals surface area (Å²) in [6, 6.07) is 6.98. The summed E-state index contributed by atoms with van der Waals surface area (Å²) in [7, 11) is 0. The normalized spacial score (nSPS) is 17.1. The van der Waals surface area contributed by atoms with Gasteiger partial charge >= 0.3 is 0 Å². The first-order chi connectivity index (χ1) is 11.6. The number of phenols is 1. The van der Waals surface area contributed by atoms with E-state index in [1.54, 1.807) is 34.4 Å². The van der Waals surface area contributed by atoms with E-state index in [1.165, 1.54) is 0 Å². The molecule has 0 aliphatic carbocycles. The predicted octanol–water partition coefficient (Wildman–Crippen LogP) is 2.91. The fourth-order valence-corrected chi connectivity index (χ4v) is 3.65. The number of aryl methyl sites for hydroxylation is 1. The van der Waals surface area contributed by atoms with Crippen LogP contribution in [0.2, 0.25) is 0 Å². The maximum Gasteiger partial charge on any atom is 0.227 e. The lowest BCUT2D eigenvalue weighted by Gasteiger charge is -2.25. The molecule has 0 bridgehead atoms. The number of thiazole rings is 1. The average Bonchev–Trinajstić information content (AvgIpc) is 3.21. The number of hydrogen-bond acceptors (Lipinski definition) is 5. The lowest BCUT2D eigenvalue weighted by atomic mass is 10.1. The van der Waals surface area contributed by atoms with Crippen molar-refractivity contribution in [1.29, 1.82) is 0 Å². The van der Waals surface area contributed by atoms with Crippen LogP contribution in [0.4, 0.5) is 0 Å². The number of amides is 1. The van der Waals surface area contributed by atoms with E-state index in [-0.39, 0.29) is 24.2 Å². The highest BCUT2D eigenvalue weighted by Gasteiger charge is 2.24. The van der Waals surface area contributed by atoms with Crippen LogP contribution in [0.15, 0.2) is 29.6 Å². The van der Waals surface area contributed by atoms with Gasteiger partial charge < -0.3 is 14.7 Å². The molecule has 1 amide bonds. The fourth-order valence-electron chi connectivity index (χ4n) is 2.86. The Morgan fingerprint density at radius 1 is 1.46 bits per heavy atom. The van der Waals surface area contributed by atoms with Gasteiger partial charge in [-0.3, -0.25) is 4.79 Å². The van der Waals surface area contributed by atoms with Crippen LogP contribution in [0.5, 0.6) is 5.75 Å². The molecule has 1 aromatic heterocycles. The predicted molar refractivity (Wildman–Crippen MR) is 93.1 cm³/mol. The second-order valence-electron chi connectivity index (χ2n) is 6.10. The van der Waals surface area contributed by atoms with Crippen LogP contribution in [0.1, 0.15) is 29.1 Å². The zero-order chi connectivity index (χ0) is 16.9. The first kappa shape index (κ1) is 16.9. The fraction of sp³-hybridized carbons (Fsp3) is 0.444. The van der Waals surface area contributed by atoms with Crippen molar-refractivity contribution in [2.75, 3.05) is 13.2 Å². The van der Waals surface area contributed by atoms with Crippen molar-refractivity contribution in [1.82, 2.24) is 9.88 Å². The van der Waals surface area contributed by atoms with Gasteiger partial charge in [-0.1, -0.05) is 18.2 Å². The number of carbonyl (C=O) groups is 1. The topological polar surface area (TPSA) is 62.7 Å². The summed E-state index contributed by atoms with van der Waals surface area (Å²) in [4.78, 5) is 19.1. The SMILES string of the molecule is Cc1csc(CN(C[C@@H]2CCCO2)C(=O)Cc2ccccc2O)n1. The third-order valence-electron chi connectivity index (χ3n) is 4.13. The molecule has 0 spiro atoms. The lowest BCUT2D eigenvalue weighted by molar-refractivity contribution is -0.132. The molecule has 24 heavy (non-hydrogen) atoms. The van der Waals surface area contributed by atoms with Gasteiger partial charge in [0.05, 0.1) is 19.1 Å². The number of benzene rings is 1. The van der Waals surface area contributed by atoms with E-state index in [1.807, 2.05) is 18.4 Å². The molecule has 1 fully saturated rings. The highest BCUT2D eigenvalue weighted by atomic mass is 32.1. The number of ether oxygens (including phenoxy) is 1. The van der Waals surface area contributed by atoms with Crippen LogP contribution in [0, 0.1) is 6.92 Å². The van der Waals surface area contributed by atoms with Crippen LogP contribution in [-0.4, -0.2) is 40.2 Å². The molecule has 6 heteroatoms. The zero-order valence-corrected chi connectivity index (χ0v) is 14.6. The first-order valence-corrected chi connectivity index (χ1v) is 9.07. The largest absolute Gasteiger partial charge is 0.508 e. The lowest BCUT2D eigenvalue weighted by Crippen LogP contribution is -2.37. The molecule has 2 heterocycles. The maximum absolute atomic E-state index is 12.8. The van der Waals surface area contributed by atoms with E-state index in [4.69, 9.17) is 4.74 Å². The number of nitrogens with zero attached hydrogens (tertiary/aromatic N) is 2. The molecule has 128 valence electrons. The van der Waals surface area contributed by atoms with Gasteiger partial charge in [-0.05, 0) is 25.8 Å². The third kappa shape index (κ3) is 4.33. The van der Waals surface area contributed by atoms with Gasteiger partial charge in [-0.2, -0.15) is 0 Å². The second-order valence-corrected chi connectivity index (χ2v) is 7.04. The standard InChI is InChI=1S/C18H22N2O3S/c1-13-12-24-17(19-13)11-20(10-15-6-4-8-23-15)18(22)9-14-5-2-3-7-16(14)21/h2-3,5,7,12,15,21H,4,6,8-11H2,1H3/t15-/m0/s1. The van der Waals surface area contributed by atoms with Crippen LogP contribution in [-0.2, 0) is 22.5 Å². The van der Waals surface area contributed by atoms with Crippen molar-refractivity contribution >= 4 is 17.2 Å². The molecule has 1 aromatic carbocycles. The number of aromatic hydroxyl groups is 1. The van der Waals surface area contributed by atoms with E-state index in [0.29, 0.717) is 18.7 Å². The van der Waals surface area contributed by atoms with E-state index < -0.39 is 0 Å². The molecule has 0 saturated carbocycles. The van der Waals surface area contributed by atoms with Gasteiger partial charge in [-0.15, -0.1) is 11.3 Å². The van der Waals surface area contributed by atoms with Crippen molar-refractivity contribution in [2.45, 2.75) is 38.8 Å². The highest BCUT2D eigenvalue weighted by Crippen LogP contribution is 2.20. The Balaban J connectivity index is 1.72. The Kier molecular flexibility index (Phi) is 5.48. The Morgan fingerprint density at radius 2 is 2.29 bits per heavy atom. The molecular formula is C18H22N2O3S. The summed E-state index contributed by atoms with van der Waals surface area (Å²) in [5.41, 5.74) is 1.62. The van der Waals surface area contributed by atoms with Gasteiger partial charge in [0.1, 0.15) is 10.8 Å². The second kappa shape index (κ2) is 7.77. The Bertz CT molecular complexity index is 695. The first-order valence-electron chi connectivity index (χ1n) is 8.19. The van der Waals surface area contributed by atoms with E-state index in [2.05, 4.69) is 4.98 Å². The Morgan fingerprint density at radius 3 is 2.96 bits per heavy atom. The summed E-state index contributed by atoms with van der Waals surface area (Å²) < 4.78 is 5.69. The van der Waals surface area contributed by atoms with Gasteiger partial charge in [0.15, 0.2) is 0 Å². The smallest absolute Gasteiger partial charge is 0.227 e. The number of aromatic nitrogens is 1. The molecule has 1 aliphatic rings. The molecule has 1 aliphatic heterocycles. The number of carbonyl (C=O) groups excluding carboxylic acids is 1. The molecule has 1 atom stereocenters. The molecule has 5 nitrogen and oxygen atoms in total. The average molecular weight is 346 g/mol. The molecule has 3 rings (SSSR count). The third-order valence-corrected chi connectivity index (χ3v) is 5.08. The number of rotatable bonds is 6. The summed E-state index contributed by atoms with van der Waals surface area (Å²) in [5, 5.41) is 12.8. The molecule has 0 unspecified atom stereocenters. The van der Waals surface area contributed by atoms with Crippen LogP contribution >= 0.6 is 11.3 Å². The van der Waals surface area contributed by atoms with Gasteiger partial charge in [0.2, 0.25) is 5.91 Å². The molecule has 0 radical (unpaired) electrons. The monoisotopic (exact) mass is 346 g/mol. The van der Waals surface area contributed by atoms with E-state index in [0.717, 1.165) is 30.2 Å². The molecular weight excluding hydrogens is 324 g/mol. The Hall–Kier alpha value is -1.92. The minimum absolute atomic E-state index is 0.0140. The number of para-hydroxylation sites is 1. The van der Waals surface area contributed by atoms with Crippen molar-refractivity contribution in [2.24, 2.45) is 0 Å². The summed E-state index contributed by atoms with van der Waals surface area (Å²) in [6.45, 7) is 3.78. The molecule has 1 N–H and O–H groups in total. The van der Waals surface area contributed by atoms with Gasteiger partial charge in [0, 0.05) is 29.8 Å². The van der Waals surface area contributed by atoms with Crippen LogP contribution in [0.25, 0.3) is 0 Å². The van der Waals surface area contributed by atoms with Crippen molar-refractivity contribution in [3.8, 4) is 5.75 Å². The van der Waals surface area contributed by atoms with Crippen LogP contribution in [0.3, 0.4) is 0 Å². The highest BCUT2D eigenvalue weighted by molar-refractivity contribution is 7.09. The minimum Gasteiger partial charge on any atom is -0.508 e. The summed E-state index contributed by atoms with van der Waals surface area (Å²) in [5.74, 6) is 0.146. The van der Waals surface area contributed by atoms with E-state index >= 15 is 0 Å². The number of phenolic OH excluding ortho intramolecular Hbond substituents is 1. The minimum atomic E-state index is -0.0140.